The van der Waals surface area contributed by atoms with Gasteiger partial charge in [0.1, 0.15) is 5.69 Å². The van der Waals surface area contributed by atoms with Gasteiger partial charge in [-0.2, -0.15) is 0 Å². The summed E-state index contributed by atoms with van der Waals surface area (Å²) in [7, 11) is 0. The number of carbonyl (C=O) groups is 2. The number of rotatable bonds is 4. The Kier molecular flexibility index (Phi) is 4.94. The van der Waals surface area contributed by atoms with Crippen molar-refractivity contribution in [2.75, 3.05) is 0 Å². The van der Waals surface area contributed by atoms with Gasteiger partial charge in [-0.3, -0.25) is 4.79 Å². The van der Waals surface area contributed by atoms with E-state index < -0.39 is 5.97 Å². The lowest BCUT2D eigenvalue weighted by atomic mass is 9.84. The number of hydrogen-bond acceptors (Lipinski definition) is 3. The third-order valence-corrected chi connectivity index (χ3v) is 4.26. The van der Waals surface area contributed by atoms with Gasteiger partial charge in [0.15, 0.2) is 0 Å². The van der Waals surface area contributed by atoms with E-state index in [1.807, 2.05) is 6.92 Å². The highest BCUT2D eigenvalue weighted by molar-refractivity contribution is 5.94. The van der Waals surface area contributed by atoms with Gasteiger partial charge in [0.25, 0.3) is 5.91 Å². The molecular weight excluding hydrogens is 268 g/mol. The first-order valence-corrected chi connectivity index (χ1v) is 7.51. The number of aromatic nitrogens is 1. The fraction of sp³-hybridized carbons (Fsp3) is 0.562. The molecule has 1 heterocycles. The van der Waals surface area contributed by atoms with Crippen LogP contribution in [0.3, 0.4) is 0 Å². The fourth-order valence-electron chi connectivity index (χ4n) is 2.95. The van der Waals surface area contributed by atoms with Crippen molar-refractivity contribution in [2.45, 2.75) is 52.0 Å². The van der Waals surface area contributed by atoms with Crippen molar-refractivity contribution >= 4 is 11.9 Å². The van der Waals surface area contributed by atoms with Crippen molar-refractivity contribution in [3.8, 4) is 0 Å². The van der Waals surface area contributed by atoms with Crippen LogP contribution < -0.4 is 5.32 Å². The Hall–Kier alpha value is -1.91. The first-order chi connectivity index (χ1) is 9.99. The second kappa shape index (κ2) is 6.70. The molecule has 0 radical (unpaired) electrons. The molecule has 1 aliphatic carbocycles. The molecule has 2 N–H and O–H groups in total. The van der Waals surface area contributed by atoms with Crippen LogP contribution in [0.2, 0.25) is 0 Å². The molecule has 1 amide bonds. The van der Waals surface area contributed by atoms with Gasteiger partial charge in [0, 0.05) is 6.04 Å². The number of carboxylic acids is 1. The van der Waals surface area contributed by atoms with E-state index in [0.29, 0.717) is 11.6 Å². The molecule has 1 saturated carbocycles. The first kappa shape index (κ1) is 15.5. The van der Waals surface area contributed by atoms with Crippen molar-refractivity contribution in [1.82, 2.24) is 10.3 Å². The highest BCUT2D eigenvalue weighted by Crippen LogP contribution is 2.26. The van der Waals surface area contributed by atoms with Crippen LogP contribution in [0.25, 0.3) is 0 Å². The fourth-order valence-corrected chi connectivity index (χ4v) is 2.95. The van der Waals surface area contributed by atoms with E-state index in [-0.39, 0.29) is 23.2 Å². The van der Waals surface area contributed by atoms with Gasteiger partial charge < -0.3 is 10.4 Å². The quantitative estimate of drug-likeness (QED) is 0.893. The Labute approximate surface area is 124 Å². The molecule has 21 heavy (non-hydrogen) atoms. The minimum absolute atomic E-state index is 0.124. The van der Waals surface area contributed by atoms with Gasteiger partial charge >= 0.3 is 5.97 Å². The van der Waals surface area contributed by atoms with E-state index >= 15 is 0 Å². The summed E-state index contributed by atoms with van der Waals surface area (Å²) in [6.45, 7) is 3.64. The molecule has 5 heteroatoms. The molecule has 1 aliphatic rings. The van der Waals surface area contributed by atoms with Gasteiger partial charge in [-0.15, -0.1) is 0 Å². The summed E-state index contributed by atoms with van der Waals surface area (Å²) in [5.74, 6) is -0.724. The third-order valence-electron chi connectivity index (χ3n) is 4.26. The van der Waals surface area contributed by atoms with Crippen molar-refractivity contribution in [3.63, 3.8) is 0 Å². The van der Waals surface area contributed by atoms with E-state index in [2.05, 4.69) is 10.3 Å². The van der Waals surface area contributed by atoms with Crippen LogP contribution in [0, 0.1) is 12.8 Å². The van der Waals surface area contributed by atoms with Crippen molar-refractivity contribution in [1.29, 1.82) is 0 Å². The third kappa shape index (κ3) is 3.80. The number of aromatic carboxylic acids is 1. The maximum absolute atomic E-state index is 12.2. The average molecular weight is 290 g/mol. The van der Waals surface area contributed by atoms with Gasteiger partial charge in [-0.25, -0.2) is 9.78 Å². The van der Waals surface area contributed by atoms with Gasteiger partial charge in [0.2, 0.25) is 0 Å². The SMILES string of the molecule is Cc1nc(C(=O)NC(C)C2CCCCC2)ccc1C(=O)O. The second-order valence-electron chi connectivity index (χ2n) is 5.79. The van der Waals surface area contributed by atoms with E-state index in [0.717, 1.165) is 12.8 Å². The molecule has 1 atom stereocenters. The molecular formula is C16H22N2O3. The first-order valence-electron chi connectivity index (χ1n) is 7.51. The second-order valence-corrected chi connectivity index (χ2v) is 5.79. The summed E-state index contributed by atoms with van der Waals surface area (Å²) in [6, 6.07) is 3.03. The number of pyridine rings is 1. The summed E-state index contributed by atoms with van der Waals surface area (Å²) in [6.07, 6.45) is 6.07. The Morgan fingerprint density at radius 2 is 1.95 bits per heavy atom. The molecule has 0 aromatic carbocycles. The minimum atomic E-state index is -1.03. The predicted molar refractivity (Wildman–Crippen MR) is 79.4 cm³/mol. The van der Waals surface area contributed by atoms with Crippen LogP contribution in [0.5, 0.6) is 0 Å². The molecule has 0 spiro atoms. The zero-order valence-corrected chi connectivity index (χ0v) is 12.6. The van der Waals surface area contributed by atoms with Gasteiger partial charge in [-0.1, -0.05) is 19.3 Å². The predicted octanol–water partition coefficient (Wildman–Crippen LogP) is 2.79. The molecule has 0 bridgehead atoms. The summed E-state index contributed by atoms with van der Waals surface area (Å²) in [5, 5.41) is 12.0. The normalized spacial score (nSPS) is 17.2. The number of carbonyl (C=O) groups excluding carboxylic acids is 1. The van der Waals surface area contributed by atoms with Gasteiger partial charge in [0.05, 0.1) is 11.3 Å². The summed E-state index contributed by atoms with van der Waals surface area (Å²) in [4.78, 5) is 27.3. The molecule has 0 aliphatic heterocycles. The highest BCUT2D eigenvalue weighted by atomic mass is 16.4. The molecule has 0 saturated heterocycles. The molecule has 1 aromatic rings. The van der Waals surface area contributed by atoms with Crippen LogP contribution in [-0.4, -0.2) is 28.0 Å². The zero-order valence-electron chi connectivity index (χ0n) is 12.6. The Morgan fingerprint density at radius 3 is 2.52 bits per heavy atom. The Bertz CT molecular complexity index is 536. The Morgan fingerprint density at radius 1 is 1.29 bits per heavy atom. The monoisotopic (exact) mass is 290 g/mol. The van der Waals surface area contributed by atoms with Crippen molar-refractivity contribution in [3.05, 3.63) is 29.1 Å². The molecule has 1 aromatic heterocycles. The maximum atomic E-state index is 12.2. The molecule has 5 nitrogen and oxygen atoms in total. The van der Waals surface area contributed by atoms with Crippen LogP contribution in [0.1, 0.15) is 65.6 Å². The Balaban J connectivity index is 2.02. The standard InChI is InChI=1S/C16H22N2O3/c1-10(12-6-4-3-5-7-12)18-15(19)14-9-8-13(16(20)21)11(2)17-14/h8-10,12H,3-7H2,1-2H3,(H,18,19)(H,20,21). The largest absolute Gasteiger partial charge is 0.478 e. The summed E-state index contributed by atoms with van der Waals surface area (Å²) >= 11 is 0. The van der Waals surface area contributed by atoms with Crippen LogP contribution in [0.4, 0.5) is 0 Å². The lowest BCUT2D eigenvalue weighted by molar-refractivity contribution is 0.0694. The minimum Gasteiger partial charge on any atom is -0.478 e. The van der Waals surface area contributed by atoms with Crippen LogP contribution in [-0.2, 0) is 0 Å². The lowest BCUT2D eigenvalue weighted by Gasteiger charge is -2.28. The van der Waals surface area contributed by atoms with E-state index in [4.69, 9.17) is 5.11 Å². The van der Waals surface area contributed by atoms with Crippen LogP contribution in [0.15, 0.2) is 12.1 Å². The number of nitrogens with zero attached hydrogens (tertiary/aromatic N) is 1. The van der Waals surface area contributed by atoms with E-state index in [9.17, 15) is 9.59 Å². The summed E-state index contributed by atoms with van der Waals surface area (Å²) in [5.41, 5.74) is 0.771. The number of aryl methyl sites for hydroxylation is 1. The smallest absolute Gasteiger partial charge is 0.337 e. The van der Waals surface area contributed by atoms with Crippen molar-refractivity contribution in [2.24, 2.45) is 5.92 Å². The molecule has 2 rings (SSSR count). The molecule has 1 fully saturated rings. The topological polar surface area (TPSA) is 79.3 Å². The summed E-state index contributed by atoms with van der Waals surface area (Å²) < 4.78 is 0. The van der Waals surface area contributed by atoms with Crippen molar-refractivity contribution < 1.29 is 14.7 Å². The highest BCUT2D eigenvalue weighted by Gasteiger charge is 2.22. The zero-order chi connectivity index (χ0) is 15.4. The average Bonchev–Trinajstić information content (AvgIpc) is 2.47. The number of carboxylic acid groups (broad SMARTS) is 1. The lowest BCUT2D eigenvalue weighted by Crippen LogP contribution is -2.39. The number of nitrogens with one attached hydrogen (secondary N) is 1. The van der Waals surface area contributed by atoms with Gasteiger partial charge in [-0.05, 0) is 44.7 Å². The molecule has 1 unspecified atom stereocenters. The van der Waals surface area contributed by atoms with E-state index in [1.54, 1.807) is 6.92 Å². The number of hydrogen-bond donors (Lipinski definition) is 2. The van der Waals surface area contributed by atoms with E-state index in [1.165, 1.54) is 31.4 Å². The maximum Gasteiger partial charge on any atom is 0.337 e. The number of amides is 1. The van der Waals surface area contributed by atoms with Crippen LogP contribution >= 0.6 is 0 Å². The molecule has 114 valence electrons.